The molecule has 1 atom stereocenters. The molecule has 6 heteroatoms. The molecule has 0 aliphatic carbocycles. The van der Waals surface area contributed by atoms with Gasteiger partial charge in [-0.1, -0.05) is 0 Å². The maximum atomic E-state index is 10.8. The summed E-state index contributed by atoms with van der Waals surface area (Å²) in [7, 11) is 0. The van der Waals surface area contributed by atoms with E-state index in [2.05, 4.69) is 10.1 Å². The highest BCUT2D eigenvalue weighted by molar-refractivity contribution is 5.80. The summed E-state index contributed by atoms with van der Waals surface area (Å²) in [6.45, 7) is 2.26. The van der Waals surface area contributed by atoms with Gasteiger partial charge in [-0.2, -0.15) is 0 Å². The molecule has 1 unspecified atom stereocenters. The minimum Gasteiger partial charge on any atom is -0.465 e. The average molecular weight is 189 g/mol. The lowest BCUT2D eigenvalue weighted by Crippen LogP contribution is -2.45. The van der Waals surface area contributed by atoms with Crippen molar-refractivity contribution in [2.24, 2.45) is 11.5 Å². The number of nitrogens with two attached hydrogens (primary N) is 2. The van der Waals surface area contributed by atoms with E-state index < -0.39 is 11.9 Å². The van der Waals surface area contributed by atoms with Crippen LogP contribution in [0.4, 0.5) is 0 Å². The van der Waals surface area contributed by atoms with E-state index in [1.165, 1.54) is 0 Å². The van der Waals surface area contributed by atoms with E-state index >= 15 is 0 Å². The smallest absolute Gasteiger partial charge is 0.319 e. The first-order chi connectivity index (χ1) is 6.07. The molecule has 0 aromatic heterocycles. The van der Waals surface area contributed by atoms with Crippen LogP contribution >= 0.6 is 0 Å². The predicted octanol–water partition coefficient (Wildman–Crippen LogP) is -2.05. The van der Waals surface area contributed by atoms with Crippen LogP contribution in [0.5, 0.6) is 0 Å². The molecule has 5 N–H and O–H groups in total. The molecule has 1 amide bonds. The fourth-order valence-electron chi connectivity index (χ4n) is 0.642. The van der Waals surface area contributed by atoms with Crippen LogP contribution in [0.15, 0.2) is 0 Å². The van der Waals surface area contributed by atoms with Crippen LogP contribution in [-0.2, 0) is 14.3 Å². The highest BCUT2D eigenvalue weighted by Crippen LogP contribution is 1.77. The molecule has 0 bridgehead atoms. The average Bonchev–Trinajstić information content (AvgIpc) is 2.04. The molecule has 0 aromatic carbocycles. The topological polar surface area (TPSA) is 107 Å². The van der Waals surface area contributed by atoms with E-state index in [0.29, 0.717) is 6.61 Å². The summed E-state index contributed by atoms with van der Waals surface area (Å²) in [6, 6.07) is -0.769. The Kier molecular flexibility index (Phi) is 5.82. The summed E-state index contributed by atoms with van der Waals surface area (Å²) >= 11 is 0. The lowest BCUT2D eigenvalue weighted by Gasteiger charge is -2.08. The zero-order chi connectivity index (χ0) is 10.3. The number of carbonyl (C=O) groups is 2. The van der Waals surface area contributed by atoms with Gasteiger partial charge in [0.2, 0.25) is 5.91 Å². The third-order valence-electron chi connectivity index (χ3n) is 1.30. The first-order valence-corrected chi connectivity index (χ1v) is 3.99. The Bertz CT molecular complexity index is 184. The molecule has 0 aliphatic heterocycles. The van der Waals surface area contributed by atoms with Gasteiger partial charge in [0.25, 0.3) is 0 Å². The minimum absolute atomic E-state index is 0.0365. The van der Waals surface area contributed by atoms with Gasteiger partial charge < -0.3 is 21.5 Å². The highest BCUT2D eigenvalue weighted by atomic mass is 16.5. The van der Waals surface area contributed by atoms with Crippen molar-refractivity contribution >= 4 is 11.9 Å². The molecule has 0 saturated heterocycles. The summed E-state index contributed by atoms with van der Waals surface area (Å²) in [6.07, 6.45) is 0. The molecule has 0 spiro atoms. The van der Waals surface area contributed by atoms with E-state index in [9.17, 15) is 9.59 Å². The first-order valence-electron chi connectivity index (χ1n) is 3.99. The van der Waals surface area contributed by atoms with Gasteiger partial charge in [-0.25, -0.2) is 0 Å². The van der Waals surface area contributed by atoms with Crippen molar-refractivity contribution in [3.05, 3.63) is 0 Å². The number of ether oxygens (including phenoxy) is 1. The molecule has 13 heavy (non-hydrogen) atoms. The Labute approximate surface area is 76.6 Å². The molecule has 0 saturated carbocycles. The summed E-state index contributed by atoms with van der Waals surface area (Å²) in [5.74, 6) is -0.976. The summed E-state index contributed by atoms with van der Waals surface area (Å²) < 4.78 is 4.63. The first kappa shape index (κ1) is 11.9. The maximum Gasteiger partial charge on any atom is 0.319 e. The Morgan fingerprint density at radius 2 is 2.15 bits per heavy atom. The Morgan fingerprint density at radius 3 is 2.62 bits per heavy atom. The second-order valence-electron chi connectivity index (χ2n) is 2.44. The molecule has 0 heterocycles. The zero-order valence-corrected chi connectivity index (χ0v) is 7.58. The van der Waals surface area contributed by atoms with Gasteiger partial charge in [-0.15, -0.1) is 0 Å². The standard InChI is InChI=1S/C7H15N3O3/c1-2-13-6(11)4-10-3-5(8)7(9)12/h5,10H,2-4,8H2,1H3,(H2,9,12). The van der Waals surface area contributed by atoms with Crippen LogP contribution in [0.2, 0.25) is 0 Å². The second kappa shape index (κ2) is 6.38. The molecule has 0 fully saturated rings. The normalized spacial score (nSPS) is 12.2. The van der Waals surface area contributed by atoms with Crippen molar-refractivity contribution in [3.8, 4) is 0 Å². The Hall–Kier alpha value is -1.14. The van der Waals surface area contributed by atoms with Crippen molar-refractivity contribution in [2.75, 3.05) is 19.7 Å². The van der Waals surface area contributed by atoms with Gasteiger partial charge in [-0.3, -0.25) is 9.59 Å². The molecule has 0 aliphatic rings. The summed E-state index contributed by atoms with van der Waals surface area (Å²) in [4.78, 5) is 21.2. The minimum atomic E-state index is -0.769. The molecule has 76 valence electrons. The van der Waals surface area contributed by atoms with Crippen LogP contribution in [0.3, 0.4) is 0 Å². The number of primary amides is 1. The van der Waals surface area contributed by atoms with Crippen molar-refractivity contribution in [1.82, 2.24) is 5.32 Å². The predicted molar refractivity (Wildman–Crippen MR) is 46.7 cm³/mol. The van der Waals surface area contributed by atoms with E-state index in [1.54, 1.807) is 6.92 Å². The van der Waals surface area contributed by atoms with Crippen LogP contribution in [0.1, 0.15) is 6.92 Å². The van der Waals surface area contributed by atoms with Crippen molar-refractivity contribution in [2.45, 2.75) is 13.0 Å². The third-order valence-corrected chi connectivity index (χ3v) is 1.30. The lowest BCUT2D eigenvalue weighted by molar-refractivity contribution is -0.142. The van der Waals surface area contributed by atoms with Gasteiger partial charge in [-0.05, 0) is 6.92 Å². The van der Waals surface area contributed by atoms with E-state index in [-0.39, 0.29) is 19.1 Å². The van der Waals surface area contributed by atoms with E-state index in [0.717, 1.165) is 0 Å². The molecule has 0 radical (unpaired) electrons. The Balaban J connectivity index is 3.44. The van der Waals surface area contributed by atoms with Crippen molar-refractivity contribution < 1.29 is 14.3 Å². The van der Waals surface area contributed by atoms with Crippen LogP contribution in [-0.4, -0.2) is 37.6 Å². The fourth-order valence-corrected chi connectivity index (χ4v) is 0.642. The third kappa shape index (κ3) is 6.06. The molecule has 6 nitrogen and oxygen atoms in total. The van der Waals surface area contributed by atoms with Crippen molar-refractivity contribution in [1.29, 1.82) is 0 Å². The monoisotopic (exact) mass is 189 g/mol. The van der Waals surface area contributed by atoms with Crippen LogP contribution in [0, 0.1) is 0 Å². The zero-order valence-electron chi connectivity index (χ0n) is 7.58. The number of hydrogen-bond donors (Lipinski definition) is 3. The van der Waals surface area contributed by atoms with Crippen LogP contribution < -0.4 is 16.8 Å². The molecule has 0 rings (SSSR count). The number of rotatable bonds is 6. The summed E-state index contributed by atoms with van der Waals surface area (Å²) in [5.41, 5.74) is 10.2. The maximum absolute atomic E-state index is 10.8. The van der Waals surface area contributed by atoms with Crippen molar-refractivity contribution in [3.63, 3.8) is 0 Å². The Morgan fingerprint density at radius 1 is 1.54 bits per heavy atom. The van der Waals surface area contributed by atoms with E-state index in [1.807, 2.05) is 0 Å². The fraction of sp³-hybridized carbons (Fsp3) is 0.714. The van der Waals surface area contributed by atoms with Gasteiger partial charge >= 0.3 is 5.97 Å². The second-order valence-corrected chi connectivity index (χ2v) is 2.44. The van der Waals surface area contributed by atoms with Gasteiger partial charge in [0, 0.05) is 6.54 Å². The SMILES string of the molecule is CCOC(=O)CNCC(N)C(N)=O. The summed E-state index contributed by atoms with van der Waals surface area (Å²) in [5, 5.41) is 2.65. The number of hydrogen-bond acceptors (Lipinski definition) is 5. The number of carbonyl (C=O) groups excluding carboxylic acids is 2. The lowest BCUT2D eigenvalue weighted by atomic mass is 10.3. The largest absolute Gasteiger partial charge is 0.465 e. The molecular formula is C7H15N3O3. The van der Waals surface area contributed by atoms with Gasteiger partial charge in [0.15, 0.2) is 0 Å². The van der Waals surface area contributed by atoms with Gasteiger partial charge in [0.05, 0.1) is 19.2 Å². The molecule has 0 aromatic rings. The van der Waals surface area contributed by atoms with Crippen LogP contribution in [0.25, 0.3) is 0 Å². The number of esters is 1. The van der Waals surface area contributed by atoms with Gasteiger partial charge in [0.1, 0.15) is 0 Å². The number of nitrogens with one attached hydrogen (secondary N) is 1. The highest BCUT2D eigenvalue weighted by Gasteiger charge is 2.09. The quantitative estimate of drug-likeness (QED) is 0.417. The van der Waals surface area contributed by atoms with E-state index in [4.69, 9.17) is 11.5 Å². The molecular weight excluding hydrogens is 174 g/mol. The number of amides is 1.